The van der Waals surface area contributed by atoms with Gasteiger partial charge in [0, 0.05) is 11.1 Å². The Morgan fingerprint density at radius 3 is 2.52 bits per heavy atom. The van der Waals surface area contributed by atoms with Crippen LogP contribution in [0, 0.1) is 0 Å². The Morgan fingerprint density at radius 2 is 1.67 bits per heavy atom. The number of hydrogen-bond donors (Lipinski definition) is 0. The molecule has 0 aliphatic heterocycles. The molecule has 3 aromatic carbocycles. The topological polar surface area (TPSA) is 48.2 Å². The summed E-state index contributed by atoms with van der Waals surface area (Å²) in [6, 6.07) is 26.3. The van der Waals surface area contributed by atoms with Crippen molar-refractivity contribution in [2.24, 2.45) is 0 Å². The van der Waals surface area contributed by atoms with Crippen molar-refractivity contribution in [2.75, 3.05) is 7.11 Å². The van der Waals surface area contributed by atoms with Gasteiger partial charge in [-0.15, -0.1) is 0 Å². The Bertz CT molecular complexity index is 1030. The van der Waals surface area contributed by atoms with Crippen LogP contribution in [0.1, 0.15) is 11.1 Å². The van der Waals surface area contributed by atoms with Crippen molar-refractivity contribution in [3.8, 4) is 28.6 Å². The zero-order chi connectivity index (χ0) is 18.5. The number of benzene rings is 3. The van der Waals surface area contributed by atoms with Crippen LogP contribution < -0.4 is 4.74 Å². The number of ether oxygens (including phenoxy) is 1. The van der Waals surface area contributed by atoms with Gasteiger partial charge in [0.05, 0.1) is 7.11 Å². The van der Waals surface area contributed by atoms with Crippen molar-refractivity contribution in [1.82, 2.24) is 10.1 Å². The summed E-state index contributed by atoms with van der Waals surface area (Å²) < 4.78 is 10.8. The minimum absolute atomic E-state index is 0.538. The zero-order valence-electron chi connectivity index (χ0n) is 15.1. The van der Waals surface area contributed by atoms with E-state index in [0.717, 1.165) is 29.7 Å². The van der Waals surface area contributed by atoms with Gasteiger partial charge in [-0.05, 0) is 42.2 Å². The molecule has 4 heteroatoms. The van der Waals surface area contributed by atoms with Crippen LogP contribution in [0.4, 0.5) is 0 Å². The molecule has 0 saturated carbocycles. The molecular weight excluding hydrogens is 336 g/mol. The maximum absolute atomic E-state index is 5.57. The summed E-state index contributed by atoms with van der Waals surface area (Å²) in [6.45, 7) is 0. The van der Waals surface area contributed by atoms with E-state index in [1.807, 2.05) is 48.5 Å². The third-order valence-electron chi connectivity index (χ3n) is 4.53. The molecule has 0 spiro atoms. The molecule has 0 fully saturated rings. The summed E-state index contributed by atoms with van der Waals surface area (Å²) in [5, 5.41) is 4.16. The molecule has 0 bridgehead atoms. The first-order valence-electron chi connectivity index (χ1n) is 8.94. The third-order valence-corrected chi connectivity index (χ3v) is 4.53. The number of aromatic nitrogens is 2. The van der Waals surface area contributed by atoms with E-state index in [1.165, 1.54) is 11.1 Å². The van der Waals surface area contributed by atoms with Crippen LogP contribution in [-0.2, 0) is 12.8 Å². The van der Waals surface area contributed by atoms with E-state index in [-0.39, 0.29) is 0 Å². The first-order chi connectivity index (χ1) is 13.3. The lowest BCUT2D eigenvalue weighted by atomic mass is 10.00. The van der Waals surface area contributed by atoms with Gasteiger partial charge in [-0.2, -0.15) is 4.98 Å². The Balaban J connectivity index is 1.60. The zero-order valence-corrected chi connectivity index (χ0v) is 15.1. The number of methoxy groups -OCH3 is 1. The van der Waals surface area contributed by atoms with Crippen LogP contribution in [0.2, 0.25) is 0 Å². The fourth-order valence-corrected chi connectivity index (χ4v) is 3.08. The second kappa shape index (κ2) is 7.87. The summed E-state index contributed by atoms with van der Waals surface area (Å²) in [4.78, 5) is 4.61. The van der Waals surface area contributed by atoms with Crippen LogP contribution in [0.15, 0.2) is 83.4 Å². The number of nitrogens with zero attached hydrogens (tertiary/aromatic N) is 2. The van der Waals surface area contributed by atoms with Crippen LogP contribution in [-0.4, -0.2) is 17.3 Å². The SMILES string of the molecule is COc1cccc(-c2noc(-c3ccccc3CCc3ccccc3)n2)c1. The van der Waals surface area contributed by atoms with Gasteiger partial charge in [-0.3, -0.25) is 0 Å². The molecule has 0 aliphatic carbocycles. The molecule has 134 valence electrons. The van der Waals surface area contributed by atoms with Crippen LogP contribution in [0.3, 0.4) is 0 Å². The Morgan fingerprint density at radius 1 is 0.852 bits per heavy atom. The average Bonchev–Trinajstić information content (AvgIpc) is 3.23. The normalized spacial score (nSPS) is 10.7. The molecule has 4 aromatic rings. The highest BCUT2D eigenvalue weighted by molar-refractivity contribution is 5.63. The molecule has 0 radical (unpaired) electrons. The van der Waals surface area contributed by atoms with Crippen molar-refractivity contribution in [1.29, 1.82) is 0 Å². The highest BCUT2D eigenvalue weighted by atomic mass is 16.5. The van der Waals surface area contributed by atoms with Gasteiger partial charge in [0.1, 0.15) is 5.75 Å². The van der Waals surface area contributed by atoms with Crippen molar-refractivity contribution >= 4 is 0 Å². The lowest BCUT2D eigenvalue weighted by molar-refractivity contribution is 0.414. The van der Waals surface area contributed by atoms with Crippen LogP contribution in [0.5, 0.6) is 5.75 Å². The predicted octanol–water partition coefficient (Wildman–Crippen LogP) is 5.20. The number of aryl methyl sites for hydroxylation is 2. The summed E-state index contributed by atoms with van der Waals surface area (Å²) in [5.41, 5.74) is 4.36. The minimum atomic E-state index is 0.538. The van der Waals surface area contributed by atoms with Gasteiger partial charge < -0.3 is 9.26 Å². The molecule has 4 nitrogen and oxygen atoms in total. The van der Waals surface area contributed by atoms with E-state index in [0.29, 0.717) is 11.7 Å². The lowest BCUT2D eigenvalue weighted by Gasteiger charge is -2.06. The second-order valence-corrected chi connectivity index (χ2v) is 6.30. The van der Waals surface area contributed by atoms with Gasteiger partial charge in [0.2, 0.25) is 5.82 Å². The van der Waals surface area contributed by atoms with E-state index in [2.05, 4.69) is 40.5 Å². The third kappa shape index (κ3) is 3.90. The van der Waals surface area contributed by atoms with Crippen molar-refractivity contribution in [3.63, 3.8) is 0 Å². The summed E-state index contributed by atoms with van der Waals surface area (Å²) in [5.74, 6) is 1.86. The maximum Gasteiger partial charge on any atom is 0.258 e. The molecule has 0 aliphatic rings. The minimum Gasteiger partial charge on any atom is -0.497 e. The Hall–Kier alpha value is -3.40. The molecule has 0 amide bonds. The maximum atomic E-state index is 5.57. The van der Waals surface area contributed by atoms with Crippen LogP contribution in [0.25, 0.3) is 22.8 Å². The molecule has 0 unspecified atom stereocenters. The largest absolute Gasteiger partial charge is 0.497 e. The van der Waals surface area contributed by atoms with E-state index < -0.39 is 0 Å². The van der Waals surface area contributed by atoms with Gasteiger partial charge >= 0.3 is 0 Å². The summed E-state index contributed by atoms with van der Waals surface area (Å²) in [7, 11) is 1.64. The molecule has 0 saturated heterocycles. The fraction of sp³-hybridized carbons (Fsp3) is 0.130. The van der Waals surface area contributed by atoms with Gasteiger partial charge in [0.25, 0.3) is 5.89 Å². The van der Waals surface area contributed by atoms with Crippen LogP contribution >= 0.6 is 0 Å². The predicted molar refractivity (Wildman–Crippen MR) is 106 cm³/mol. The van der Waals surface area contributed by atoms with E-state index in [4.69, 9.17) is 9.26 Å². The second-order valence-electron chi connectivity index (χ2n) is 6.30. The molecule has 0 N–H and O–H groups in total. The average molecular weight is 356 g/mol. The van der Waals surface area contributed by atoms with Crippen molar-refractivity contribution in [2.45, 2.75) is 12.8 Å². The standard InChI is InChI=1S/C23H20N2O2/c1-26-20-12-7-11-19(16-20)22-24-23(27-25-22)21-13-6-5-10-18(21)15-14-17-8-3-2-4-9-17/h2-13,16H,14-15H2,1H3. The Kier molecular flexibility index (Phi) is 4.97. The number of rotatable bonds is 6. The smallest absolute Gasteiger partial charge is 0.258 e. The molecule has 27 heavy (non-hydrogen) atoms. The molecular formula is C23H20N2O2. The quantitative estimate of drug-likeness (QED) is 0.476. The van der Waals surface area contributed by atoms with E-state index in [9.17, 15) is 0 Å². The molecule has 1 heterocycles. The fourth-order valence-electron chi connectivity index (χ4n) is 3.08. The molecule has 0 atom stereocenters. The van der Waals surface area contributed by atoms with E-state index in [1.54, 1.807) is 7.11 Å². The number of hydrogen-bond acceptors (Lipinski definition) is 4. The van der Waals surface area contributed by atoms with Gasteiger partial charge in [0.15, 0.2) is 0 Å². The molecule has 4 rings (SSSR count). The highest BCUT2D eigenvalue weighted by Gasteiger charge is 2.14. The van der Waals surface area contributed by atoms with Crippen molar-refractivity contribution in [3.05, 3.63) is 90.0 Å². The van der Waals surface area contributed by atoms with E-state index >= 15 is 0 Å². The Labute approximate surface area is 158 Å². The van der Waals surface area contributed by atoms with Crippen molar-refractivity contribution < 1.29 is 9.26 Å². The summed E-state index contributed by atoms with van der Waals surface area (Å²) in [6.07, 6.45) is 1.88. The molecule has 1 aromatic heterocycles. The van der Waals surface area contributed by atoms with Gasteiger partial charge in [-0.25, -0.2) is 0 Å². The highest BCUT2D eigenvalue weighted by Crippen LogP contribution is 2.27. The monoisotopic (exact) mass is 356 g/mol. The summed E-state index contributed by atoms with van der Waals surface area (Å²) >= 11 is 0. The lowest BCUT2D eigenvalue weighted by Crippen LogP contribution is -1.94. The first-order valence-corrected chi connectivity index (χ1v) is 8.94. The van der Waals surface area contributed by atoms with Gasteiger partial charge in [-0.1, -0.05) is 65.8 Å². The first kappa shape index (κ1) is 17.0.